The van der Waals surface area contributed by atoms with E-state index >= 15 is 0 Å². The molecule has 0 radical (unpaired) electrons. The van der Waals surface area contributed by atoms with Crippen LogP contribution in [0.5, 0.6) is 0 Å². The smallest absolute Gasteiger partial charge is 0.335 e. The first-order valence-electron chi connectivity index (χ1n) is 4.54. The maximum Gasteiger partial charge on any atom is 0.335 e. The molecule has 0 aliphatic rings. The van der Waals surface area contributed by atoms with Gasteiger partial charge in [-0.1, -0.05) is 0 Å². The molecule has 17 heavy (non-hydrogen) atoms. The van der Waals surface area contributed by atoms with E-state index in [2.05, 4.69) is 10.1 Å². The van der Waals surface area contributed by atoms with Gasteiger partial charge in [0.15, 0.2) is 0 Å². The second-order valence-electron chi connectivity index (χ2n) is 3.22. The minimum Gasteiger partial charge on any atom is -0.478 e. The van der Waals surface area contributed by atoms with E-state index in [1.165, 1.54) is 29.5 Å². The largest absolute Gasteiger partial charge is 0.478 e. The third-order valence-electron chi connectivity index (χ3n) is 2.09. The summed E-state index contributed by atoms with van der Waals surface area (Å²) in [6.45, 7) is 0. The molecule has 1 aromatic heterocycles. The summed E-state index contributed by atoms with van der Waals surface area (Å²) in [5, 5.41) is 21.6. The second-order valence-corrected chi connectivity index (χ2v) is 3.22. The van der Waals surface area contributed by atoms with Crippen molar-refractivity contribution in [3.05, 3.63) is 42.0 Å². The maximum absolute atomic E-state index is 10.9. The number of aromatic carboxylic acids is 2. The highest BCUT2D eigenvalue weighted by atomic mass is 16.4. The lowest BCUT2D eigenvalue weighted by molar-refractivity contribution is 0.0696. The first kappa shape index (κ1) is 10.8. The van der Waals surface area contributed by atoms with Gasteiger partial charge in [-0.25, -0.2) is 19.3 Å². The van der Waals surface area contributed by atoms with Crippen molar-refractivity contribution in [3.8, 4) is 5.69 Å². The second kappa shape index (κ2) is 4.05. The van der Waals surface area contributed by atoms with E-state index in [-0.39, 0.29) is 11.1 Å². The molecule has 0 saturated heterocycles. The molecular weight excluding hydrogens is 226 g/mol. The molecule has 7 heteroatoms. The zero-order valence-electron chi connectivity index (χ0n) is 8.44. The number of hydrogen-bond acceptors (Lipinski definition) is 4. The molecule has 7 nitrogen and oxygen atoms in total. The summed E-state index contributed by atoms with van der Waals surface area (Å²) in [6.07, 6.45) is 2.63. The van der Waals surface area contributed by atoms with Gasteiger partial charge in [0.25, 0.3) is 0 Å². The Morgan fingerprint density at radius 2 is 1.65 bits per heavy atom. The lowest BCUT2D eigenvalue weighted by Crippen LogP contribution is -2.05. The van der Waals surface area contributed by atoms with Gasteiger partial charge in [-0.2, -0.15) is 5.10 Å². The normalized spacial score (nSPS) is 10.1. The van der Waals surface area contributed by atoms with Gasteiger partial charge in [0, 0.05) is 0 Å². The Morgan fingerprint density at radius 3 is 2.06 bits per heavy atom. The van der Waals surface area contributed by atoms with E-state index in [4.69, 9.17) is 10.2 Å². The summed E-state index contributed by atoms with van der Waals surface area (Å²) in [6, 6.07) is 3.73. The molecule has 0 unspecified atom stereocenters. The fourth-order valence-electron chi connectivity index (χ4n) is 1.33. The topological polar surface area (TPSA) is 105 Å². The highest BCUT2D eigenvalue weighted by molar-refractivity contribution is 5.94. The van der Waals surface area contributed by atoms with E-state index in [1.54, 1.807) is 0 Å². The SMILES string of the molecule is O=C(O)c1cc(C(=O)O)cc(-n2cncn2)c1. The molecule has 2 aromatic rings. The first-order chi connectivity index (χ1) is 8.08. The average molecular weight is 233 g/mol. The third kappa shape index (κ3) is 2.12. The van der Waals surface area contributed by atoms with E-state index in [0.29, 0.717) is 5.69 Å². The minimum absolute atomic E-state index is 0.115. The van der Waals surface area contributed by atoms with E-state index in [0.717, 1.165) is 6.07 Å². The number of hydrogen-bond donors (Lipinski definition) is 2. The van der Waals surface area contributed by atoms with Crippen molar-refractivity contribution in [3.63, 3.8) is 0 Å². The summed E-state index contributed by atoms with van der Waals surface area (Å²) in [7, 11) is 0. The first-order valence-corrected chi connectivity index (χ1v) is 4.54. The zero-order chi connectivity index (χ0) is 12.4. The summed E-state index contributed by atoms with van der Waals surface area (Å²) in [4.78, 5) is 25.4. The van der Waals surface area contributed by atoms with Crippen LogP contribution >= 0.6 is 0 Å². The number of benzene rings is 1. The van der Waals surface area contributed by atoms with Crippen LogP contribution in [0.2, 0.25) is 0 Å². The molecule has 0 aliphatic carbocycles. The molecule has 0 fully saturated rings. The minimum atomic E-state index is -1.20. The monoisotopic (exact) mass is 233 g/mol. The lowest BCUT2D eigenvalue weighted by Gasteiger charge is -2.04. The number of carboxylic acids is 2. The quantitative estimate of drug-likeness (QED) is 0.806. The van der Waals surface area contributed by atoms with Crippen LogP contribution in [-0.4, -0.2) is 36.9 Å². The van der Waals surface area contributed by atoms with Crippen molar-refractivity contribution in [1.29, 1.82) is 0 Å². The molecule has 0 spiro atoms. The van der Waals surface area contributed by atoms with Crippen LogP contribution in [0.3, 0.4) is 0 Å². The predicted octanol–water partition coefficient (Wildman–Crippen LogP) is 0.664. The molecule has 0 bridgehead atoms. The van der Waals surface area contributed by atoms with E-state index < -0.39 is 11.9 Å². The number of carbonyl (C=O) groups is 2. The molecular formula is C10H7N3O4. The molecule has 2 rings (SSSR count). The molecule has 1 aromatic carbocycles. The van der Waals surface area contributed by atoms with Gasteiger partial charge in [0.1, 0.15) is 12.7 Å². The van der Waals surface area contributed by atoms with E-state index in [1.807, 2.05) is 0 Å². The molecule has 86 valence electrons. The van der Waals surface area contributed by atoms with Crippen molar-refractivity contribution in [2.75, 3.05) is 0 Å². The summed E-state index contributed by atoms with van der Waals surface area (Å²) in [5.41, 5.74) is 0.102. The number of aromatic nitrogens is 3. The van der Waals surface area contributed by atoms with Crippen LogP contribution in [0, 0.1) is 0 Å². The van der Waals surface area contributed by atoms with Gasteiger partial charge < -0.3 is 10.2 Å². The van der Waals surface area contributed by atoms with Gasteiger partial charge >= 0.3 is 11.9 Å². The van der Waals surface area contributed by atoms with Gasteiger partial charge in [-0.05, 0) is 18.2 Å². The Hall–Kier alpha value is -2.70. The Balaban J connectivity index is 2.60. The molecule has 0 saturated carbocycles. The van der Waals surface area contributed by atoms with E-state index in [9.17, 15) is 9.59 Å². The Kier molecular flexibility index (Phi) is 2.57. The van der Waals surface area contributed by atoms with Crippen LogP contribution in [0.15, 0.2) is 30.9 Å². The summed E-state index contributed by atoms with van der Waals surface area (Å²) in [5.74, 6) is -2.40. The fourth-order valence-corrected chi connectivity index (χ4v) is 1.33. The summed E-state index contributed by atoms with van der Waals surface area (Å²) < 4.78 is 1.29. The van der Waals surface area contributed by atoms with Crippen molar-refractivity contribution >= 4 is 11.9 Å². The van der Waals surface area contributed by atoms with Gasteiger partial charge in [-0.15, -0.1) is 0 Å². The highest BCUT2D eigenvalue weighted by Gasteiger charge is 2.12. The van der Waals surface area contributed by atoms with Gasteiger partial charge in [0.05, 0.1) is 16.8 Å². The van der Waals surface area contributed by atoms with Crippen molar-refractivity contribution in [2.24, 2.45) is 0 Å². The zero-order valence-corrected chi connectivity index (χ0v) is 8.44. The predicted molar refractivity (Wildman–Crippen MR) is 55.3 cm³/mol. The standard InChI is InChI=1S/C10H7N3O4/c14-9(15)6-1-7(10(16)17)3-8(2-6)13-5-11-4-12-13/h1-5H,(H,14,15)(H,16,17). The molecule has 0 amide bonds. The van der Waals surface area contributed by atoms with Crippen LogP contribution in [0.25, 0.3) is 5.69 Å². The van der Waals surface area contributed by atoms with Crippen molar-refractivity contribution in [1.82, 2.24) is 14.8 Å². The van der Waals surface area contributed by atoms with Crippen molar-refractivity contribution < 1.29 is 19.8 Å². The number of carboxylic acid groups (broad SMARTS) is 2. The Bertz CT molecular complexity index is 545. The number of nitrogens with zero attached hydrogens (tertiary/aromatic N) is 3. The Morgan fingerprint density at radius 1 is 1.06 bits per heavy atom. The lowest BCUT2D eigenvalue weighted by atomic mass is 10.1. The molecule has 0 aliphatic heterocycles. The van der Waals surface area contributed by atoms with Crippen molar-refractivity contribution in [2.45, 2.75) is 0 Å². The van der Waals surface area contributed by atoms with Gasteiger partial charge in [-0.3, -0.25) is 0 Å². The van der Waals surface area contributed by atoms with Crippen LogP contribution in [0.1, 0.15) is 20.7 Å². The highest BCUT2D eigenvalue weighted by Crippen LogP contribution is 2.13. The third-order valence-corrected chi connectivity index (χ3v) is 2.09. The van der Waals surface area contributed by atoms with Gasteiger partial charge in [0.2, 0.25) is 0 Å². The van der Waals surface area contributed by atoms with Crippen LogP contribution in [-0.2, 0) is 0 Å². The fraction of sp³-hybridized carbons (Fsp3) is 0. The van der Waals surface area contributed by atoms with Crippen LogP contribution in [0.4, 0.5) is 0 Å². The molecule has 1 heterocycles. The van der Waals surface area contributed by atoms with Crippen LogP contribution < -0.4 is 0 Å². The molecule has 0 atom stereocenters. The average Bonchev–Trinajstić information content (AvgIpc) is 2.81. The number of rotatable bonds is 3. The maximum atomic E-state index is 10.9. The molecule has 2 N–H and O–H groups in total. The summed E-state index contributed by atoms with van der Waals surface area (Å²) >= 11 is 0. The Labute approximate surface area is 95.0 Å².